The number of piperidine rings is 1. The minimum atomic E-state index is -4.00. The Morgan fingerprint density at radius 2 is 1.71 bits per heavy atom. The van der Waals surface area contributed by atoms with Gasteiger partial charge in [-0.1, -0.05) is 24.3 Å². The van der Waals surface area contributed by atoms with Crippen LogP contribution in [0.4, 0.5) is 5.69 Å². The van der Waals surface area contributed by atoms with Crippen LogP contribution in [0.1, 0.15) is 35.6 Å². The Hall–Kier alpha value is -2.56. The summed E-state index contributed by atoms with van der Waals surface area (Å²) in [6, 6.07) is 16.4. The number of nitrogens with zero attached hydrogens (tertiary/aromatic N) is 1. The second kappa shape index (κ2) is 10.6. The van der Waals surface area contributed by atoms with Gasteiger partial charge in [-0.15, -0.1) is 24.8 Å². The Kier molecular flexibility index (Phi) is 8.18. The maximum Gasteiger partial charge on any atom is 0.299 e. The molecular weight excluding hydrogens is 509 g/mol. The van der Waals surface area contributed by atoms with Crippen LogP contribution in [0.3, 0.4) is 0 Å². The molecule has 6 N–H and O–H groups in total. The van der Waals surface area contributed by atoms with Gasteiger partial charge in [0.05, 0.1) is 11.7 Å². The van der Waals surface area contributed by atoms with Crippen molar-refractivity contribution in [2.45, 2.75) is 31.4 Å². The van der Waals surface area contributed by atoms with E-state index >= 15 is 0 Å². The number of hydrogen-bond acceptors (Lipinski definition) is 5. The van der Waals surface area contributed by atoms with E-state index in [2.05, 4.69) is 5.32 Å². The predicted octanol–water partition coefficient (Wildman–Crippen LogP) is 3.41. The molecule has 1 saturated heterocycles. The van der Waals surface area contributed by atoms with E-state index in [1.807, 2.05) is 42.5 Å². The number of benzene rings is 3. The van der Waals surface area contributed by atoms with Crippen molar-refractivity contribution in [3.05, 3.63) is 71.3 Å². The molecule has 0 amide bonds. The van der Waals surface area contributed by atoms with Gasteiger partial charge in [0, 0.05) is 12.0 Å². The summed E-state index contributed by atoms with van der Waals surface area (Å²) in [4.78, 5) is 0. The molecule has 0 radical (unpaired) electrons. The van der Waals surface area contributed by atoms with Gasteiger partial charge in [-0.2, -0.15) is 8.42 Å². The van der Waals surface area contributed by atoms with E-state index in [4.69, 9.17) is 21.0 Å². The number of rotatable bonds is 5. The maximum absolute atomic E-state index is 12.6. The number of ether oxygens (including phenoxy) is 1. The molecule has 1 unspecified atom stereocenters. The Labute approximate surface area is 217 Å². The van der Waals surface area contributed by atoms with Crippen LogP contribution < -0.4 is 25.2 Å². The van der Waals surface area contributed by atoms with E-state index in [0.717, 1.165) is 53.6 Å². The number of nitrogens with one attached hydrogen (secondary N) is 2. The summed E-state index contributed by atoms with van der Waals surface area (Å²) in [6.07, 6.45) is 2.55. The number of halogens is 2. The number of anilines is 1. The highest BCUT2D eigenvalue weighted by Crippen LogP contribution is 2.43. The molecule has 5 rings (SSSR count). The van der Waals surface area contributed by atoms with Crippen molar-refractivity contribution in [1.82, 2.24) is 5.32 Å². The maximum atomic E-state index is 12.6. The van der Waals surface area contributed by atoms with E-state index in [9.17, 15) is 8.42 Å². The van der Waals surface area contributed by atoms with E-state index in [-0.39, 0.29) is 36.8 Å². The molecule has 3 aromatic carbocycles. The van der Waals surface area contributed by atoms with Crippen molar-refractivity contribution in [3.8, 4) is 5.75 Å². The third-order valence-electron chi connectivity index (χ3n) is 6.41. The highest BCUT2D eigenvalue weighted by molar-refractivity contribution is 7.90. The van der Waals surface area contributed by atoms with Crippen LogP contribution in [0.2, 0.25) is 0 Å². The van der Waals surface area contributed by atoms with E-state index < -0.39 is 16.3 Å². The van der Waals surface area contributed by atoms with Crippen LogP contribution in [-0.2, 0) is 16.6 Å². The van der Waals surface area contributed by atoms with Crippen LogP contribution in [-0.4, -0.2) is 33.4 Å². The first-order chi connectivity index (χ1) is 15.8. The van der Waals surface area contributed by atoms with Gasteiger partial charge in [-0.3, -0.25) is 5.41 Å². The zero-order chi connectivity index (χ0) is 23.2. The second-order valence-electron chi connectivity index (χ2n) is 8.65. The predicted molar refractivity (Wildman–Crippen MR) is 144 cm³/mol. The molecule has 11 heteroatoms. The third-order valence-corrected chi connectivity index (χ3v) is 7.41. The van der Waals surface area contributed by atoms with Gasteiger partial charge < -0.3 is 15.8 Å². The summed E-state index contributed by atoms with van der Waals surface area (Å²) in [7, 11) is -4.00. The molecule has 188 valence electrons. The molecule has 1 fully saturated rings. The number of nitrogen functional groups attached to an aromatic ring is 1. The summed E-state index contributed by atoms with van der Waals surface area (Å²) in [5.74, 6) is 0.739. The number of fused-ring (bicyclic) bond motifs is 2. The normalized spacial score (nSPS) is 17.9. The highest BCUT2D eigenvalue weighted by atomic mass is 35.5. The SMILES string of the molecule is Cl.Cl.N=C(N)c1ccc2ccc(C3Cc4cc(OC5CCNCC5)ccc4N3S(N)(=O)=O)cc2c1. The summed E-state index contributed by atoms with van der Waals surface area (Å²) in [6.45, 7) is 1.87. The molecule has 35 heavy (non-hydrogen) atoms. The summed E-state index contributed by atoms with van der Waals surface area (Å²) in [5.41, 5.74) is 8.57. The lowest BCUT2D eigenvalue weighted by atomic mass is 9.98. The third kappa shape index (κ3) is 5.49. The van der Waals surface area contributed by atoms with E-state index in [1.54, 1.807) is 12.1 Å². The number of nitrogens with two attached hydrogens (primary N) is 2. The Bertz CT molecular complexity index is 1350. The zero-order valence-corrected chi connectivity index (χ0v) is 21.4. The van der Waals surface area contributed by atoms with Gasteiger partial charge in [0.15, 0.2) is 0 Å². The molecule has 0 aromatic heterocycles. The van der Waals surface area contributed by atoms with Gasteiger partial charge in [-0.25, -0.2) is 9.44 Å². The van der Waals surface area contributed by atoms with Crippen LogP contribution in [0, 0.1) is 5.41 Å². The fourth-order valence-corrected chi connectivity index (χ4v) is 5.79. The van der Waals surface area contributed by atoms with Crippen LogP contribution in [0.5, 0.6) is 5.75 Å². The molecule has 2 heterocycles. The van der Waals surface area contributed by atoms with E-state index in [0.29, 0.717) is 17.7 Å². The van der Waals surface area contributed by atoms with Crippen LogP contribution >= 0.6 is 24.8 Å². The van der Waals surface area contributed by atoms with Gasteiger partial charge >= 0.3 is 0 Å². The van der Waals surface area contributed by atoms with Crippen molar-refractivity contribution in [3.63, 3.8) is 0 Å². The van der Waals surface area contributed by atoms with Gasteiger partial charge in [0.25, 0.3) is 10.2 Å². The molecule has 0 aliphatic carbocycles. The van der Waals surface area contributed by atoms with Gasteiger partial charge in [0.1, 0.15) is 17.7 Å². The molecule has 8 nitrogen and oxygen atoms in total. The molecule has 1 atom stereocenters. The summed E-state index contributed by atoms with van der Waals surface area (Å²) in [5, 5.41) is 18.6. The average molecular weight is 539 g/mol. The van der Waals surface area contributed by atoms with Crippen molar-refractivity contribution < 1.29 is 13.2 Å². The fraction of sp³-hybridized carbons (Fsp3) is 0.292. The molecule has 0 bridgehead atoms. The minimum absolute atomic E-state index is 0. The Morgan fingerprint density at radius 3 is 2.40 bits per heavy atom. The largest absolute Gasteiger partial charge is 0.490 e. The smallest absolute Gasteiger partial charge is 0.299 e. The quantitative estimate of drug-likeness (QED) is 0.292. The molecule has 0 spiro atoms. The first-order valence-corrected chi connectivity index (χ1v) is 12.5. The molecular formula is C24H29Cl2N5O3S. The lowest BCUT2D eigenvalue weighted by Gasteiger charge is -2.26. The standard InChI is InChI=1S/C24H27N5O3S.2ClH/c25-24(26)17-4-2-15-1-3-16(11-18(15)12-17)23-14-19-13-21(32-20-7-9-28-10-8-20)5-6-22(19)29(23)33(27,30)31;;/h1-6,11-13,20,23,28H,7-10,14H2,(H3,25,26)(H2,27,30,31);2*1H. The molecule has 2 aliphatic rings. The first kappa shape index (κ1) is 27.0. The van der Waals surface area contributed by atoms with Crippen LogP contribution in [0.25, 0.3) is 10.8 Å². The number of amidine groups is 1. The zero-order valence-electron chi connectivity index (χ0n) is 18.9. The molecule has 0 saturated carbocycles. The lowest BCUT2D eigenvalue weighted by molar-refractivity contribution is 0.162. The molecule has 3 aromatic rings. The van der Waals surface area contributed by atoms with Crippen molar-refractivity contribution in [2.75, 3.05) is 17.4 Å². The fourth-order valence-electron chi connectivity index (χ4n) is 4.79. The lowest BCUT2D eigenvalue weighted by Crippen LogP contribution is -2.37. The summed E-state index contributed by atoms with van der Waals surface area (Å²) >= 11 is 0. The van der Waals surface area contributed by atoms with Crippen molar-refractivity contribution in [1.29, 1.82) is 5.41 Å². The second-order valence-corrected chi connectivity index (χ2v) is 10.1. The molecule has 2 aliphatic heterocycles. The Morgan fingerprint density at radius 1 is 1.00 bits per heavy atom. The van der Waals surface area contributed by atoms with Crippen molar-refractivity contribution >= 4 is 57.3 Å². The highest BCUT2D eigenvalue weighted by Gasteiger charge is 2.37. The van der Waals surface area contributed by atoms with Crippen molar-refractivity contribution in [2.24, 2.45) is 10.9 Å². The van der Waals surface area contributed by atoms with Gasteiger partial charge in [0.2, 0.25) is 0 Å². The number of hydrogen-bond donors (Lipinski definition) is 4. The average Bonchev–Trinajstić information content (AvgIpc) is 3.18. The minimum Gasteiger partial charge on any atom is -0.490 e. The van der Waals surface area contributed by atoms with Gasteiger partial charge in [-0.05, 0) is 78.2 Å². The van der Waals surface area contributed by atoms with Crippen LogP contribution in [0.15, 0.2) is 54.6 Å². The summed E-state index contributed by atoms with van der Waals surface area (Å²) < 4.78 is 32.7. The van der Waals surface area contributed by atoms with E-state index in [1.165, 1.54) is 4.31 Å². The monoisotopic (exact) mass is 537 g/mol. The topological polar surface area (TPSA) is 135 Å². The Balaban J connectivity index is 0.00000171. The first-order valence-electron chi connectivity index (χ1n) is 11.0.